The van der Waals surface area contributed by atoms with Gasteiger partial charge in [-0.1, -0.05) is 141 Å². The average Bonchev–Trinajstić information content (AvgIpc) is 2.80. The lowest BCUT2D eigenvalue weighted by atomic mass is 10.1. The predicted octanol–water partition coefficient (Wildman–Crippen LogP) is 9.46. The number of nitrogens with zero attached hydrogens (tertiary/aromatic N) is 1. The van der Waals surface area contributed by atoms with Gasteiger partial charge in [-0.3, -0.25) is 0 Å². The van der Waals surface area contributed by atoms with Crippen LogP contribution in [0.25, 0.3) is 6.08 Å². The molecule has 0 aromatic heterocycles. The maximum Gasteiger partial charge on any atom is 0.00218 e. The Morgan fingerprint density at radius 2 is 1.00 bits per heavy atom. The molecule has 0 atom stereocenters. The first-order valence-corrected chi connectivity index (χ1v) is 13.7. The molecule has 0 fully saturated rings. The van der Waals surface area contributed by atoms with Gasteiger partial charge in [-0.25, -0.2) is 0 Å². The number of rotatable bonds is 22. The number of benzene rings is 1. The second-order valence-corrected chi connectivity index (χ2v) is 9.49. The Kier molecular flexibility index (Phi) is 18.8. The number of unbranched alkanes of at least 4 members (excludes halogenated alkanes) is 14. The normalized spacial score (nSPS) is 11.3. The van der Waals surface area contributed by atoms with Crippen molar-refractivity contribution in [3.63, 3.8) is 0 Å². The molecule has 0 radical (unpaired) electrons. The fraction of sp³-hybridized carbons (Fsp3) is 0.733. The molecule has 0 aliphatic rings. The predicted molar refractivity (Wildman–Crippen MR) is 142 cm³/mol. The summed E-state index contributed by atoms with van der Waals surface area (Å²) in [5.74, 6) is 0. The van der Waals surface area contributed by atoms with E-state index < -0.39 is 0 Å². The topological polar surface area (TPSA) is 3.24 Å². The molecule has 1 heteroatoms. The van der Waals surface area contributed by atoms with Crippen LogP contribution in [0.5, 0.6) is 0 Å². The highest BCUT2D eigenvalue weighted by Crippen LogP contribution is 2.12. The average molecular weight is 428 g/mol. The standard InChI is InChI=1S/C30H53N/c1-4-7-9-11-13-15-17-19-26-31(27-20-18-16-14-12-10-8-5-2)28-25-30-23-21-29(6-3)22-24-30/h6,21-24H,3-5,7-20,25-28H2,1-2H3. The smallest absolute Gasteiger partial charge is 0.00218 e. The third-order valence-corrected chi connectivity index (χ3v) is 6.59. The highest BCUT2D eigenvalue weighted by molar-refractivity contribution is 5.47. The van der Waals surface area contributed by atoms with Crippen LogP contribution in [0, 0.1) is 0 Å². The molecule has 0 aliphatic heterocycles. The summed E-state index contributed by atoms with van der Waals surface area (Å²) in [6.45, 7) is 12.3. The molecule has 1 rings (SSSR count). The SMILES string of the molecule is C=Cc1ccc(CCN(CCCCCCCCCC)CCCCCCCCCC)cc1. The fourth-order valence-electron chi connectivity index (χ4n) is 4.38. The molecule has 0 saturated carbocycles. The maximum absolute atomic E-state index is 3.87. The van der Waals surface area contributed by atoms with Crippen molar-refractivity contribution in [3.8, 4) is 0 Å². The van der Waals surface area contributed by atoms with Crippen LogP contribution in [0.2, 0.25) is 0 Å². The Hall–Kier alpha value is -1.08. The van der Waals surface area contributed by atoms with Crippen LogP contribution < -0.4 is 0 Å². The molecule has 0 saturated heterocycles. The summed E-state index contributed by atoms with van der Waals surface area (Å²) in [5.41, 5.74) is 2.68. The highest BCUT2D eigenvalue weighted by Gasteiger charge is 2.06. The maximum atomic E-state index is 3.87. The lowest BCUT2D eigenvalue weighted by Gasteiger charge is -2.22. The van der Waals surface area contributed by atoms with E-state index in [0.29, 0.717) is 0 Å². The monoisotopic (exact) mass is 427 g/mol. The molecule has 1 aromatic carbocycles. The van der Waals surface area contributed by atoms with E-state index in [1.807, 2.05) is 6.08 Å². The van der Waals surface area contributed by atoms with E-state index in [9.17, 15) is 0 Å². The Morgan fingerprint density at radius 1 is 0.581 bits per heavy atom. The molecule has 0 amide bonds. The molecular formula is C30H53N. The summed E-state index contributed by atoms with van der Waals surface area (Å²) < 4.78 is 0. The Labute approximate surface area is 195 Å². The van der Waals surface area contributed by atoms with Crippen molar-refractivity contribution in [1.29, 1.82) is 0 Å². The quantitative estimate of drug-likeness (QED) is 0.166. The van der Waals surface area contributed by atoms with Gasteiger partial charge in [0.2, 0.25) is 0 Å². The third kappa shape index (κ3) is 16.2. The highest BCUT2D eigenvalue weighted by atomic mass is 15.1. The molecule has 0 unspecified atom stereocenters. The van der Waals surface area contributed by atoms with Crippen molar-refractivity contribution in [2.45, 2.75) is 123 Å². The van der Waals surface area contributed by atoms with E-state index >= 15 is 0 Å². The van der Waals surface area contributed by atoms with Crippen molar-refractivity contribution in [2.75, 3.05) is 19.6 Å². The van der Waals surface area contributed by atoms with Crippen LogP contribution in [0.1, 0.15) is 128 Å². The van der Waals surface area contributed by atoms with E-state index in [1.54, 1.807) is 0 Å². The molecule has 1 aromatic rings. The van der Waals surface area contributed by atoms with E-state index in [4.69, 9.17) is 0 Å². The van der Waals surface area contributed by atoms with Gasteiger partial charge in [0.25, 0.3) is 0 Å². The molecule has 31 heavy (non-hydrogen) atoms. The van der Waals surface area contributed by atoms with Gasteiger partial charge in [0, 0.05) is 6.54 Å². The van der Waals surface area contributed by atoms with Crippen molar-refractivity contribution in [1.82, 2.24) is 4.90 Å². The summed E-state index contributed by atoms with van der Waals surface area (Å²) in [5, 5.41) is 0. The van der Waals surface area contributed by atoms with E-state index in [0.717, 1.165) is 0 Å². The summed E-state index contributed by atoms with van der Waals surface area (Å²) in [6, 6.07) is 8.96. The van der Waals surface area contributed by atoms with Crippen LogP contribution >= 0.6 is 0 Å². The van der Waals surface area contributed by atoms with Crippen molar-refractivity contribution >= 4 is 6.08 Å². The lowest BCUT2D eigenvalue weighted by Crippen LogP contribution is -2.28. The fourth-order valence-corrected chi connectivity index (χ4v) is 4.38. The van der Waals surface area contributed by atoms with Crippen LogP contribution in [0.4, 0.5) is 0 Å². The van der Waals surface area contributed by atoms with Gasteiger partial charge >= 0.3 is 0 Å². The first kappa shape index (κ1) is 28.0. The minimum Gasteiger partial charge on any atom is -0.303 e. The van der Waals surface area contributed by atoms with Gasteiger partial charge in [-0.05, 0) is 43.5 Å². The second-order valence-electron chi connectivity index (χ2n) is 9.49. The Morgan fingerprint density at radius 3 is 1.42 bits per heavy atom. The molecule has 0 bridgehead atoms. The Balaban J connectivity index is 2.26. The Bertz CT molecular complexity index is 484. The van der Waals surface area contributed by atoms with E-state index in [1.165, 1.54) is 140 Å². The zero-order chi connectivity index (χ0) is 22.4. The molecular weight excluding hydrogens is 374 g/mol. The van der Waals surface area contributed by atoms with Crippen molar-refractivity contribution in [2.24, 2.45) is 0 Å². The van der Waals surface area contributed by atoms with Gasteiger partial charge in [-0.2, -0.15) is 0 Å². The number of hydrogen-bond donors (Lipinski definition) is 0. The summed E-state index contributed by atoms with van der Waals surface area (Å²) in [6.07, 6.45) is 25.7. The molecule has 0 aliphatic carbocycles. The summed E-state index contributed by atoms with van der Waals surface area (Å²) in [7, 11) is 0. The first-order chi connectivity index (χ1) is 15.3. The summed E-state index contributed by atoms with van der Waals surface area (Å²) in [4.78, 5) is 2.75. The van der Waals surface area contributed by atoms with Crippen LogP contribution in [-0.4, -0.2) is 24.5 Å². The van der Waals surface area contributed by atoms with Gasteiger partial charge in [0.1, 0.15) is 0 Å². The van der Waals surface area contributed by atoms with Gasteiger partial charge < -0.3 is 4.90 Å². The van der Waals surface area contributed by atoms with Crippen LogP contribution in [0.15, 0.2) is 30.8 Å². The van der Waals surface area contributed by atoms with Crippen molar-refractivity contribution in [3.05, 3.63) is 42.0 Å². The van der Waals surface area contributed by atoms with Gasteiger partial charge in [-0.15, -0.1) is 0 Å². The minimum atomic E-state index is 1.17. The first-order valence-electron chi connectivity index (χ1n) is 13.7. The molecule has 0 heterocycles. The van der Waals surface area contributed by atoms with Gasteiger partial charge in [0.15, 0.2) is 0 Å². The van der Waals surface area contributed by atoms with Crippen molar-refractivity contribution < 1.29 is 0 Å². The largest absolute Gasteiger partial charge is 0.303 e. The second kappa shape index (κ2) is 20.8. The molecule has 178 valence electrons. The zero-order valence-corrected chi connectivity index (χ0v) is 21.2. The number of hydrogen-bond acceptors (Lipinski definition) is 1. The molecule has 1 nitrogen and oxygen atoms in total. The molecule has 0 spiro atoms. The van der Waals surface area contributed by atoms with E-state index in [-0.39, 0.29) is 0 Å². The zero-order valence-electron chi connectivity index (χ0n) is 21.2. The third-order valence-electron chi connectivity index (χ3n) is 6.59. The summed E-state index contributed by atoms with van der Waals surface area (Å²) >= 11 is 0. The lowest BCUT2D eigenvalue weighted by molar-refractivity contribution is 0.263. The van der Waals surface area contributed by atoms with E-state index in [2.05, 4.69) is 49.6 Å². The van der Waals surface area contributed by atoms with Crippen LogP contribution in [0.3, 0.4) is 0 Å². The molecule has 0 N–H and O–H groups in total. The minimum absolute atomic E-state index is 1.17. The van der Waals surface area contributed by atoms with Gasteiger partial charge in [0.05, 0.1) is 0 Å². The van der Waals surface area contributed by atoms with Crippen LogP contribution in [-0.2, 0) is 6.42 Å².